The van der Waals surface area contributed by atoms with Crippen LogP contribution in [0.25, 0.3) is 0 Å². The van der Waals surface area contributed by atoms with Gasteiger partial charge in [-0.2, -0.15) is 0 Å². The molecule has 1 N–H and O–H groups in total. The standard InChI is InChI=1S/C8H14ClO9P/c1-14-5(6(10)15-2)8(16-3,7(11)18-9)19(12,13)17-4/h5H,1-4H3,(H,12,13). The van der Waals surface area contributed by atoms with Crippen LogP contribution in [-0.2, 0) is 37.2 Å². The minimum Gasteiger partial charge on any atom is -0.467 e. The van der Waals surface area contributed by atoms with E-state index >= 15 is 0 Å². The highest BCUT2D eigenvalue weighted by atomic mass is 35.5. The number of hydrogen-bond donors (Lipinski definition) is 1. The lowest BCUT2D eigenvalue weighted by Crippen LogP contribution is -2.56. The molecule has 0 bridgehead atoms. The van der Waals surface area contributed by atoms with E-state index in [0.29, 0.717) is 0 Å². The predicted molar refractivity (Wildman–Crippen MR) is 61.3 cm³/mol. The second-order valence-corrected chi connectivity index (χ2v) is 5.33. The average Bonchev–Trinajstić information content (AvgIpc) is 2.42. The summed E-state index contributed by atoms with van der Waals surface area (Å²) in [5.41, 5.74) is 0. The normalized spacial score (nSPS) is 18.8. The van der Waals surface area contributed by atoms with Crippen LogP contribution in [0.1, 0.15) is 0 Å². The Morgan fingerprint density at radius 3 is 2.05 bits per heavy atom. The van der Waals surface area contributed by atoms with Crippen LogP contribution in [-0.4, -0.2) is 56.7 Å². The predicted octanol–water partition coefficient (Wildman–Crippen LogP) is 0.0459. The van der Waals surface area contributed by atoms with Crippen molar-refractivity contribution in [3.8, 4) is 0 Å². The molecule has 0 aromatic carbocycles. The van der Waals surface area contributed by atoms with Gasteiger partial charge in [-0.1, -0.05) is 0 Å². The van der Waals surface area contributed by atoms with E-state index < -0.39 is 31.0 Å². The summed E-state index contributed by atoms with van der Waals surface area (Å²) in [6, 6.07) is 0. The van der Waals surface area contributed by atoms with Crippen LogP contribution >= 0.6 is 19.5 Å². The van der Waals surface area contributed by atoms with Gasteiger partial charge in [0.25, 0.3) is 0 Å². The van der Waals surface area contributed by atoms with Crippen molar-refractivity contribution in [3.05, 3.63) is 0 Å². The largest absolute Gasteiger partial charge is 0.467 e. The summed E-state index contributed by atoms with van der Waals surface area (Å²) >= 11 is 4.90. The molecule has 0 aliphatic heterocycles. The molecule has 0 rings (SSSR count). The molecule has 9 nitrogen and oxygen atoms in total. The van der Waals surface area contributed by atoms with Crippen LogP contribution in [0.15, 0.2) is 0 Å². The van der Waals surface area contributed by atoms with Crippen LogP contribution in [0.2, 0.25) is 0 Å². The van der Waals surface area contributed by atoms with Gasteiger partial charge in [0.15, 0.2) is 0 Å². The zero-order valence-electron chi connectivity index (χ0n) is 10.6. The van der Waals surface area contributed by atoms with Gasteiger partial charge < -0.3 is 27.9 Å². The third kappa shape index (κ3) is 3.07. The Morgan fingerprint density at radius 2 is 1.79 bits per heavy atom. The quantitative estimate of drug-likeness (QED) is 0.512. The lowest BCUT2D eigenvalue weighted by molar-refractivity contribution is -0.180. The van der Waals surface area contributed by atoms with Crippen molar-refractivity contribution in [1.29, 1.82) is 0 Å². The smallest absolute Gasteiger partial charge is 0.374 e. The SMILES string of the molecule is COC(=O)C(OC)C(OC)(C(=O)OCl)P(=O)(O)OC. The molecular weight excluding hydrogens is 307 g/mol. The number of halogens is 1. The first-order valence-corrected chi connectivity index (χ1v) is 6.55. The molecule has 0 spiro atoms. The maximum Gasteiger partial charge on any atom is 0.374 e. The molecule has 0 fully saturated rings. The average molecular weight is 321 g/mol. The number of methoxy groups -OCH3 is 3. The van der Waals surface area contributed by atoms with Gasteiger partial charge in [0.1, 0.15) is 11.9 Å². The molecule has 0 saturated carbocycles. The summed E-state index contributed by atoms with van der Waals surface area (Å²) in [7, 11) is -1.15. The Kier molecular flexibility index (Phi) is 6.92. The molecule has 112 valence electrons. The van der Waals surface area contributed by atoms with Gasteiger partial charge >= 0.3 is 24.9 Å². The Morgan fingerprint density at radius 1 is 1.26 bits per heavy atom. The zero-order valence-corrected chi connectivity index (χ0v) is 12.3. The van der Waals surface area contributed by atoms with Gasteiger partial charge in [-0.05, 0) is 0 Å². The van der Waals surface area contributed by atoms with E-state index in [-0.39, 0.29) is 0 Å². The molecule has 0 aliphatic carbocycles. The minimum atomic E-state index is -4.83. The number of rotatable bonds is 7. The highest BCUT2D eigenvalue weighted by Crippen LogP contribution is 2.58. The Bertz CT molecular complexity index is 386. The fourth-order valence-corrected chi connectivity index (χ4v) is 2.84. The zero-order chi connectivity index (χ0) is 15.3. The monoisotopic (exact) mass is 320 g/mol. The number of ether oxygens (including phenoxy) is 3. The molecule has 0 aliphatic rings. The fraction of sp³-hybridized carbons (Fsp3) is 0.750. The van der Waals surface area contributed by atoms with E-state index in [1.54, 1.807) is 0 Å². The molecule has 3 unspecified atom stereocenters. The molecule has 0 aromatic heterocycles. The summed E-state index contributed by atoms with van der Waals surface area (Å²) in [6.07, 6.45) is -1.93. The van der Waals surface area contributed by atoms with Gasteiger partial charge in [0.05, 0.1) is 7.11 Å². The van der Waals surface area contributed by atoms with E-state index in [1.807, 2.05) is 0 Å². The molecule has 0 aromatic rings. The molecule has 0 amide bonds. The summed E-state index contributed by atoms with van der Waals surface area (Å²) in [6.45, 7) is 0. The first kappa shape index (κ1) is 18.3. The highest BCUT2D eigenvalue weighted by Gasteiger charge is 2.66. The number of carbonyl (C=O) groups is 2. The first-order valence-electron chi connectivity index (χ1n) is 4.66. The van der Waals surface area contributed by atoms with Crippen molar-refractivity contribution in [2.45, 2.75) is 11.4 Å². The van der Waals surface area contributed by atoms with Gasteiger partial charge in [0.2, 0.25) is 6.10 Å². The van der Waals surface area contributed by atoms with Crippen molar-refractivity contribution >= 4 is 31.4 Å². The van der Waals surface area contributed by atoms with Gasteiger partial charge in [-0.15, -0.1) is 0 Å². The van der Waals surface area contributed by atoms with E-state index in [1.165, 1.54) is 0 Å². The Labute approximate surface area is 114 Å². The highest BCUT2D eigenvalue weighted by molar-refractivity contribution is 7.55. The second kappa shape index (κ2) is 7.18. The van der Waals surface area contributed by atoms with Gasteiger partial charge in [-0.3, -0.25) is 4.57 Å². The minimum absolute atomic E-state index is 0.833. The topological polar surface area (TPSA) is 118 Å². The molecule has 0 heterocycles. The Hall–Kier alpha value is -0.700. The third-order valence-electron chi connectivity index (χ3n) is 2.35. The van der Waals surface area contributed by atoms with Crippen LogP contribution in [0.5, 0.6) is 0 Å². The molecule has 0 radical (unpaired) electrons. The van der Waals surface area contributed by atoms with Crippen molar-refractivity contribution in [3.63, 3.8) is 0 Å². The fourth-order valence-electron chi connectivity index (χ4n) is 1.39. The van der Waals surface area contributed by atoms with E-state index in [9.17, 15) is 19.0 Å². The van der Waals surface area contributed by atoms with Crippen LogP contribution in [0, 0.1) is 0 Å². The summed E-state index contributed by atoms with van der Waals surface area (Å²) < 4.78 is 34.0. The lowest BCUT2D eigenvalue weighted by atomic mass is 10.2. The van der Waals surface area contributed by atoms with Gasteiger partial charge in [-0.25, -0.2) is 9.59 Å². The molecule has 0 saturated heterocycles. The number of hydrogen-bond acceptors (Lipinski definition) is 8. The number of carbonyl (C=O) groups excluding carboxylic acids is 2. The molecular formula is C8H14ClO9P. The van der Waals surface area contributed by atoms with Crippen LogP contribution < -0.4 is 0 Å². The first-order chi connectivity index (χ1) is 8.78. The third-order valence-corrected chi connectivity index (χ3v) is 4.42. The van der Waals surface area contributed by atoms with Crippen molar-refractivity contribution in [2.24, 2.45) is 0 Å². The molecule has 19 heavy (non-hydrogen) atoms. The summed E-state index contributed by atoms with van der Waals surface area (Å²) in [5.74, 6) is -2.70. The van der Waals surface area contributed by atoms with E-state index in [0.717, 1.165) is 28.4 Å². The maximum atomic E-state index is 12.0. The summed E-state index contributed by atoms with van der Waals surface area (Å²) in [5, 5.41) is -2.81. The second-order valence-electron chi connectivity index (χ2n) is 3.11. The number of esters is 1. The van der Waals surface area contributed by atoms with Crippen molar-refractivity contribution < 1.29 is 42.1 Å². The Balaban J connectivity index is 6.07. The lowest BCUT2D eigenvalue weighted by Gasteiger charge is -2.34. The maximum absolute atomic E-state index is 12.0. The van der Waals surface area contributed by atoms with Gasteiger partial charge in [0, 0.05) is 21.3 Å². The molecule has 11 heteroatoms. The van der Waals surface area contributed by atoms with Crippen LogP contribution in [0.3, 0.4) is 0 Å². The summed E-state index contributed by atoms with van der Waals surface area (Å²) in [4.78, 5) is 33.0. The van der Waals surface area contributed by atoms with E-state index in [4.69, 9.17) is 21.3 Å². The van der Waals surface area contributed by atoms with Crippen molar-refractivity contribution in [1.82, 2.24) is 0 Å². The van der Waals surface area contributed by atoms with E-state index in [2.05, 4.69) is 13.5 Å². The van der Waals surface area contributed by atoms with Crippen molar-refractivity contribution in [2.75, 3.05) is 28.4 Å². The molecule has 3 atom stereocenters. The van der Waals surface area contributed by atoms with Crippen LogP contribution in [0.4, 0.5) is 0 Å².